The molecule has 15 heteroatoms. The van der Waals surface area contributed by atoms with Crippen molar-refractivity contribution in [3.05, 3.63) is 12.8 Å². The van der Waals surface area contributed by atoms with Crippen molar-refractivity contribution in [2.75, 3.05) is 6.61 Å². The van der Waals surface area contributed by atoms with Gasteiger partial charge in [-0.15, -0.1) is 0 Å². The van der Waals surface area contributed by atoms with Gasteiger partial charge in [0.05, 0.1) is 12.7 Å². The number of phosphoric acid groups is 3. The lowest BCUT2D eigenvalue weighted by Gasteiger charge is -2.18. The molecule has 4 N–H and O–H groups in total. The maximum absolute atomic E-state index is 11.4. The van der Waals surface area contributed by atoms with Gasteiger partial charge >= 0.3 is 23.5 Å². The molecule has 0 bridgehead atoms. The molecule has 1 aliphatic rings. The average molecular weight is 365 g/mol. The Balaban J connectivity index is 2.48. The lowest BCUT2D eigenvalue weighted by atomic mass is 9.74. The van der Waals surface area contributed by atoms with E-state index in [2.05, 4.69) is 13.1 Å². The molecule has 0 aromatic heterocycles. The summed E-state index contributed by atoms with van der Waals surface area (Å²) < 4.78 is 49.6. The fourth-order valence-corrected chi connectivity index (χ4v) is 4.31. The van der Waals surface area contributed by atoms with Crippen LogP contribution in [0.1, 0.15) is 0 Å². The van der Waals surface area contributed by atoms with Crippen LogP contribution in [-0.2, 0) is 31.6 Å². The predicted molar refractivity (Wildman–Crippen MR) is 68.7 cm³/mol. The first-order valence-corrected chi connectivity index (χ1v) is 9.86. The van der Waals surface area contributed by atoms with E-state index in [1.807, 2.05) is 0 Å². The first-order valence-electron chi connectivity index (χ1n) is 5.34. The molecule has 0 aliphatic carbocycles. The van der Waals surface area contributed by atoms with Crippen LogP contribution in [0.5, 0.6) is 0 Å². The molecule has 0 aromatic rings. The number of ether oxygens (including phenoxy) is 1. The Morgan fingerprint density at radius 1 is 1.10 bits per heavy atom. The van der Waals surface area contributed by atoms with Crippen LogP contribution in [0.25, 0.3) is 0 Å². The molecule has 1 aliphatic heterocycles. The zero-order valence-corrected chi connectivity index (χ0v) is 13.3. The highest BCUT2D eigenvalue weighted by molar-refractivity contribution is 7.66. The standard InChI is InChI=1S/C6H13BO11P3/c1-7-6-3-2-5(16-6)4-15-20(11,12)18-21(13,14)17-19(8,9)10/h2-3,5-6H,4H2,1H3,(H,11,12)(H,13,14)(H2,8,9,10). The third-order valence-corrected chi connectivity index (χ3v) is 5.80. The molecule has 0 saturated carbocycles. The third kappa shape index (κ3) is 8.02. The van der Waals surface area contributed by atoms with E-state index in [0.29, 0.717) is 0 Å². The molecule has 1 rings (SSSR count). The minimum absolute atomic E-state index is 0.292. The van der Waals surface area contributed by atoms with Crippen LogP contribution in [0.15, 0.2) is 0 Å². The molecule has 1 fully saturated rings. The van der Waals surface area contributed by atoms with Crippen LogP contribution in [0.4, 0.5) is 0 Å². The van der Waals surface area contributed by atoms with E-state index in [1.54, 1.807) is 20.5 Å². The quantitative estimate of drug-likeness (QED) is 0.343. The highest BCUT2D eigenvalue weighted by Crippen LogP contribution is 2.66. The Bertz CT molecular complexity index is 490. The predicted octanol–water partition coefficient (Wildman–Crippen LogP) is 0.215. The van der Waals surface area contributed by atoms with Crippen molar-refractivity contribution in [2.24, 2.45) is 0 Å². The van der Waals surface area contributed by atoms with E-state index in [-0.39, 0.29) is 6.00 Å². The van der Waals surface area contributed by atoms with E-state index >= 15 is 0 Å². The Morgan fingerprint density at radius 3 is 2.19 bits per heavy atom. The summed E-state index contributed by atoms with van der Waals surface area (Å²) >= 11 is 0. The normalized spacial score (nSPS) is 28.8. The summed E-state index contributed by atoms with van der Waals surface area (Å²) in [4.78, 5) is 34.8. The van der Waals surface area contributed by atoms with Gasteiger partial charge in [-0.2, -0.15) is 8.62 Å². The Kier molecular flexibility index (Phi) is 6.81. The monoisotopic (exact) mass is 365 g/mol. The van der Waals surface area contributed by atoms with E-state index in [0.717, 1.165) is 0 Å². The van der Waals surface area contributed by atoms with Gasteiger partial charge in [0, 0.05) is 6.00 Å². The number of hydrogen-bond acceptors (Lipinski definition) is 7. The second kappa shape index (κ2) is 7.34. The minimum atomic E-state index is -5.48. The van der Waals surface area contributed by atoms with E-state index in [9.17, 15) is 18.6 Å². The first-order chi connectivity index (χ1) is 9.42. The van der Waals surface area contributed by atoms with Crippen molar-refractivity contribution in [1.29, 1.82) is 0 Å². The van der Waals surface area contributed by atoms with E-state index in [1.165, 1.54) is 6.42 Å². The Labute approximate surface area is 121 Å². The highest BCUT2D eigenvalue weighted by Gasteiger charge is 2.41. The van der Waals surface area contributed by atoms with Gasteiger partial charge < -0.3 is 24.3 Å². The molecule has 121 valence electrons. The van der Waals surface area contributed by atoms with Crippen molar-refractivity contribution >= 4 is 30.7 Å². The molecule has 4 unspecified atom stereocenters. The van der Waals surface area contributed by atoms with Gasteiger partial charge in [-0.3, -0.25) is 4.52 Å². The van der Waals surface area contributed by atoms with Crippen LogP contribution in [-0.4, -0.2) is 45.6 Å². The Morgan fingerprint density at radius 2 is 1.71 bits per heavy atom. The maximum Gasteiger partial charge on any atom is 0.490 e. The second-order valence-electron chi connectivity index (χ2n) is 3.74. The van der Waals surface area contributed by atoms with Gasteiger partial charge in [0.2, 0.25) is 0 Å². The van der Waals surface area contributed by atoms with Crippen molar-refractivity contribution in [2.45, 2.75) is 18.9 Å². The molecular formula is C6H13BO11P3. The molecule has 0 spiro atoms. The van der Waals surface area contributed by atoms with Crippen LogP contribution in [0.2, 0.25) is 6.82 Å². The SMILES string of the molecule is C[B]C1[CH][CH]C(COP(=O)(O)OP(=O)(O)OP(=O)(O)O)O1. The summed E-state index contributed by atoms with van der Waals surface area (Å²) in [7, 11) is -14.2. The minimum Gasteiger partial charge on any atom is -0.381 e. The summed E-state index contributed by atoms with van der Waals surface area (Å²) in [6.45, 7) is 1.25. The van der Waals surface area contributed by atoms with Crippen molar-refractivity contribution in [3.63, 3.8) is 0 Å². The first kappa shape index (κ1) is 19.5. The molecular weight excluding hydrogens is 352 g/mol. The molecule has 11 nitrogen and oxygen atoms in total. The third-order valence-electron chi connectivity index (χ3n) is 1.99. The van der Waals surface area contributed by atoms with Crippen LogP contribution >= 0.6 is 23.5 Å². The topological polar surface area (TPSA) is 169 Å². The maximum atomic E-state index is 11.4. The molecule has 3 radical (unpaired) electrons. The summed E-state index contributed by atoms with van der Waals surface area (Å²) in [5.41, 5.74) is 0. The average Bonchev–Trinajstić information content (AvgIpc) is 2.69. The fourth-order valence-electron chi connectivity index (χ4n) is 1.28. The molecule has 21 heavy (non-hydrogen) atoms. The zero-order chi connectivity index (χ0) is 16.3. The molecule has 1 saturated heterocycles. The fraction of sp³-hybridized carbons (Fsp3) is 0.667. The number of hydrogen-bond donors (Lipinski definition) is 4. The summed E-state index contributed by atoms with van der Waals surface area (Å²) in [6.07, 6.45) is 2.51. The van der Waals surface area contributed by atoms with Crippen LogP contribution < -0.4 is 0 Å². The van der Waals surface area contributed by atoms with Crippen molar-refractivity contribution < 1.29 is 51.2 Å². The van der Waals surface area contributed by atoms with Crippen LogP contribution in [0, 0.1) is 12.8 Å². The summed E-state index contributed by atoms with van der Waals surface area (Å²) in [5, 5.41) is 0. The second-order valence-corrected chi connectivity index (χ2v) is 8.16. The lowest BCUT2D eigenvalue weighted by Crippen LogP contribution is -2.19. The number of rotatable bonds is 8. The number of phosphoric ester groups is 1. The molecule has 0 amide bonds. The molecule has 4 atom stereocenters. The Hall–Kier alpha value is 0.435. The molecule has 1 heterocycles. The summed E-state index contributed by atoms with van der Waals surface area (Å²) in [5.74, 6) is 0. The largest absolute Gasteiger partial charge is 0.490 e. The lowest BCUT2D eigenvalue weighted by molar-refractivity contribution is 0.0523. The van der Waals surface area contributed by atoms with Crippen molar-refractivity contribution in [3.8, 4) is 0 Å². The summed E-state index contributed by atoms with van der Waals surface area (Å²) in [6, 6.07) is -0.292. The van der Waals surface area contributed by atoms with Crippen LogP contribution in [0.3, 0.4) is 0 Å². The zero-order valence-electron chi connectivity index (χ0n) is 10.6. The van der Waals surface area contributed by atoms with Gasteiger partial charge in [-0.25, -0.2) is 13.7 Å². The molecule has 0 aromatic carbocycles. The smallest absolute Gasteiger partial charge is 0.381 e. The van der Waals surface area contributed by atoms with Gasteiger partial charge in [0.1, 0.15) is 7.28 Å². The van der Waals surface area contributed by atoms with Crippen molar-refractivity contribution in [1.82, 2.24) is 0 Å². The van der Waals surface area contributed by atoms with E-state index < -0.39 is 36.2 Å². The van der Waals surface area contributed by atoms with Gasteiger partial charge in [-0.1, -0.05) is 6.82 Å². The van der Waals surface area contributed by atoms with Gasteiger partial charge in [0.15, 0.2) is 0 Å². The highest BCUT2D eigenvalue weighted by atomic mass is 31.3. The van der Waals surface area contributed by atoms with Gasteiger partial charge in [0.25, 0.3) is 0 Å². The van der Waals surface area contributed by atoms with E-state index in [4.69, 9.17) is 19.4 Å². The van der Waals surface area contributed by atoms with Gasteiger partial charge in [-0.05, 0) is 12.8 Å².